The normalized spacial score (nSPS) is 29.9. The molecule has 29 heavy (non-hydrogen) atoms. The molecule has 0 amide bonds. The molecule has 146 valence electrons. The fourth-order valence-electron chi connectivity index (χ4n) is 6.74. The van der Waals surface area contributed by atoms with Gasteiger partial charge < -0.3 is 4.74 Å². The second-order valence-electron chi connectivity index (χ2n) is 9.50. The maximum Gasteiger partial charge on any atom is 0.343 e. The van der Waals surface area contributed by atoms with E-state index in [1.165, 1.54) is 44.1 Å². The van der Waals surface area contributed by atoms with Gasteiger partial charge in [-0.25, -0.2) is 4.79 Å². The van der Waals surface area contributed by atoms with Gasteiger partial charge in [0.2, 0.25) is 0 Å². The topological polar surface area (TPSA) is 39.2 Å². The van der Waals surface area contributed by atoms with E-state index in [0.717, 1.165) is 23.1 Å². The fraction of sp³-hybridized carbons (Fsp3) is 0.385. The van der Waals surface area contributed by atoms with E-state index in [1.54, 1.807) is 12.3 Å². The third-order valence-corrected chi connectivity index (χ3v) is 7.57. The molecule has 0 atom stereocenters. The Bertz CT molecular complexity index is 1040. The molecule has 4 aliphatic rings. The number of nitrogens with zero attached hydrogens (tertiary/aromatic N) is 1. The SMILES string of the molecule is O=C(Oc1cccc2cccnc12)c1ccc(C23CC4CC(CC(C4)C2)C3)cc1. The molecule has 1 heterocycles. The smallest absolute Gasteiger partial charge is 0.343 e. The van der Waals surface area contributed by atoms with Crippen LogP contribution in [0.25, 0.3) is 10.9 Å². The Morgan fingerprint density at radius 2 is 1.52 bits per heavy atom. The lowest BCUT2D eigenvalue weighted by Crippen LogP contribution is -2.48. The minimum atomic E-state index is -0.319. The molecule has 3 aromatic rings. The monoisotopic (exact) mass is 383 g/mol. The largest absolute Gasteiger partial charge is 0.421 e. The Hall–Kier alpha value is -2.68. The van der Waals surface area contributed by atoms with Crippen molar-refractivity contribution in [1.82, 2.24) is 4.98 Å². The van der Waals surface area contributed by atoms with Crippen LogP contribution in [0.5, 0.6) is 5.75 Å². The molecule has 4 aliphatic carbocycles. The molecule has 4 saturated carbocycles. The number of pyridine rings is 1. The van der Waals surface area contributed by atoms with Crippen molar-refractivity contribution in [2.75, 3.05) is 0 Å². The van der Waals surface area contributed by atoms with Crippen LogP contribution < -0.4 is 4.74 Å². The lowest BCUT2D eigenvalue weighted by atomic mass is 9.48. The third-order valence-electron chi connectivity index (χ3n) is 7.57. The maximum absolute atomic E-state index is 12.8. The lowest BCUT2D eigenvalue weighted by molar-refractivity contribution is -0.00520. The number of benzene rings is 2. The van der Waals surface area contributed by atoms with E-state index >= 15 is 0 Å². The summed E-state index contributed by atoms with van der Waals surface area (Å²) in [6.07, 6.45) is 10.1. The lowest BCUT2D eigenvalue weighted by Gasteiger charge is -2.57. The molecule has 1 aromatic heterocycles. The highest BCUT2D eigenvalue weighted by atomic mass is 16.5. The van der Waals surface area contributed by atoms with Crippen molar-refractivity contribution in [3.8, 4) is 5.75 Å². The molecule has 3 nitrogen and oxygen atoms in total. The van der Waals surface area contributed by atoms with Crippen LogP contribution in [0.1, 0.15) is 54.4 Å². The molecule has 0 saturated heterocycles. The van der Waals surface area contributed by atoms with E-state index in [-0.39, 0.29) is 5.97 Å². The van der Waals surface area contributed by atoms with Gasteiger partial charge in [0.05, 0.1) is 5.56 Å². The van der Waals surface area contributed by atoms with Crippen LogP contribution >= 0.6 is 0 Å². The van der Waals surface area contributed by atoms with Crippen molar-refractivity contribution in [2.24, 2.45) is 17.8 Å². The number of aromatic nitrogens is 1. The maximum atomic E-state index is 12.8. The number of ether oxygens (including phenoxy) is 1. The van der Waals surface area contributed by atoms with Crippen molar-refractivity contribution in [3.63, 3.8) is 0 Å². The quantitative estimate of drug-likeness (QED) is 0.416. The number of carbonyl (C=O) groups excluding carboxylic acids is 1. The van der Waals surface area contributed by atoms with Crippen LogP contribution in [-0.4, -0.2) is 11.0 Å². The highest BCUT2D eigenvalue weighted by molar-refractivity contribution is 5.94. The molecular weight excluding hydrogens is 358 g/mol. The first-order valence-electron chi connectivity index (χ1n) is 10.8. The number of para-hydroxylation sites is 1. The van der Waals surface area contributed by atoms with Crippen molar-refractivity contribution >= 4 is 16.9 Å². The zero-order valence-electron chi connectivity index (χ0n) is 16.5. The second kappa shape index (κ2) is 6.41. The Balaban J connectivity index is 1.25. The molecule has 0 N–H and O–H groups in total. The first-order chi connectivity index (χ1) is 14.2. The minimum absolute atomic E-state index is 0.319. The van der Waals surface area contributed by atoms with E-state index < -0.39 is 0 Å². The third kappa shape index (κ3) is 2.87. The van der Waals surface area contributed by atoms with Crippen molar-refractivity contribution in [1.29, 1.82) is 0 Å². The van der Waals surface area contributed by atoms with Gasteiger partial charge >= 0.3 is 5.97 Å². The van der Waals surface area contributed by atoms with Crippen LogP contribution in [-0.2, 0) is 5.41 Å². The molecule has 3 heteroatoms. The van der Waals surface area contributed by atoms with Gasteiger partial charge in [-0.15, -0.1) is 0 Å². The Morgan fingerprint density at radius 1 is 0.862 bits per heavy atom. The summed E-state index contributed by atoms with van der Waals surface area (Å²) in [5.74, 6) is 2.96. The summed E-state index contributed by atoms with van der Waals surface area (Å²) < 4.78 is 5.70. The Morgan fingerprint density at radius 3 is 2.21 bits per heavy atom. The van der Waals surface area contributed by atoms with Gasteiger partial charge in [-0.2, -0.15) is 0 Å². The Labute approximate surface area is 171 Å². The zero-order valence-corrected chi connectivity index (χ0v) is 16.5. The molecule has 0 unspecified atom stereocenters. The van der Waals surface area contributed by atoms with Gasteiger partial charge in [-0.05, 0) is 91.5 Å². The van der Waals surface area contributed by atoms with E-state index in [4.69, 9.17) is 4.74 Å². The summed E-state index contributed by atoms with van der Waals surface area (Å²) in [4.78, 5) is 17.1. The van der Waals surface area contributed by atoms with Crippen molar-refractivity contribution in [3.05, 3.63) is 71.9 Å². The first kappa shape index (κ1) is 17.2. The van der Waals surface area contributed by atoms with E-state index in [2.05, 4.69) is 17.1 Å². The highest BCUT2D eigenvalue weighted by Crippen LogP contribution is 2.60. The molecule has 4 fully saturated rings. The number of hydrogen-bond acceptors (Lipinski definition) is 3. The predicted octanol–water partition coefficient (Wildman–Crippen LogP) is 5.92. The number of esters is 1. The van der Waals surface area contributed by atoms with Crippen LogP contribution in [0.2, 0.25) is 0 Å². The van der Waals surface area contributed by atoms with Gasteiger partial charge in [0.25, 0.3) is 0 Å². The van der Waals surface area contributed by atoms with Gasteiger partial charge in [0.15, 0.2) is 5.75 Å². The van der Waals surface area contributed by atoms with Crippen molar-refractivity contribution in [2.45, 2.75) is 43.9 Å². The van der Waals surface area contributed by atoms with Crippen molar-refractivity contribution < 1.29 is 9.53 Å². The van der Waals surface area contributed by atoms with E-state index in [9.17, 15) is 4.79 Å². The summed E-state index contributed by atoms with van der Waals surface area (Å²) in [7, 11) is 0. The first-order valence-corrected chi connectivity index (χ1v) is 10.8. The van der Waals surface area contributed by atoms with Crippen LogP contribution in [0.15, 0.2) is 60.8 Å². The van der Waals surface area contributed by atoms with Gasteiger partial charge in [-0.1, -0.05) is 30.3 Å². The second-order valence-corrected chi connectivity index (χ2v) is 9.50. The molecule has 7 rings (SSSR count). The molecule has 2 aromatic carbocycles. The van der Waals surface area contributed by atoms with Gasteiger partial charge in [0, 0.05) is 11.6 Å². The summed E-state index contributed by atoms with van der Waals surface area (Å²) in [6.45, 7) is 0. The summed E-state index contributed by atoms with van der Waals surface area (Å²) in [5, 5.41) is 0.968. The fourth-order valence-corrected chi connectivity index (χ4v) is 6.74. The minimum Gasteiger partial charge on any atom is -0.421 e. The number of fused-ring (bicyclic) bond motifs is 1. The molecule has 0 aliphatic heterocycles. The highest BCUT2D eigenvalue weighted by Gasteiger charge is 2.51. The summed E-state index contributed by atoms with van der Waals surface area (Å²) in [5.41, 5.74) is 3.11. The van der Waals surface area contributed by atoms with Gasteiger partial charge in [0.1, 0.15) is 5.52 Å². The number of carbonyl (C=O) groups is 1. The summed E-state index contributed by atoms with van der Waals surface area (Å²) in [6, 6.07) is 17.8. The van der Waals surface area contributed by atoms with E-state index in [0.29, 0.717) is 22.2 Å². The van der Waals surface area contributed by atoms with Gasteiger partial charge in [-0.3, -0.25) is 4.98 Å². The molecular formula is C26H25NO2. The molecule has 0 radical (unpaired) electrons. The average molecular weight is 383 g/mol. The van der Waals surface area contributed by atoms with Crippen LogP contribution in [0, 0.1) is 17.8 Å². The summed E-state index contributed by atoms with van der Waals surface area (Å²) >= 11 is 0. The van der Waals surface area contributed by atoms with Crippen LogP contribution in [0.4, 0.5) is 0 Å². The zero-order chi connectivity index (χ0) is 19.4. The van der Waals surface area contributed by atoms with Crippen LogP contribution in [0.3, 0.4) is 0 Å². The standard InChI is InChI=1S/C26H25NO2/c28-25(29-23-5-1-3-20-4-2-10-27-24(20)23)21-6-8-22(9-7-21)26-14-17-11-18(15-26)13-19(12-17)16-26/h1-10,17-19H,11-16H2. The Kier molecular flexibility index (Phi) is 3.80. The number of rotatable bonds is 3. The average Bonchev–Trinajstić information content (AvgIpc) is 2.73. The predicted molar refractivity (Wildman–Crippen MR) is 113 cm³/mol. The number of hydrogen-bond donors (Lipinski definition) is 0. The van der Waals surface area contributed by atoms with E-state index in [1.807, 2.05) is 36.4 Å². The molecule has 4 bridgehead atoms. The molecule has 0 spiro atoms.